The first kappa shape index (κ1) is 18.3. The van der Waals surface area contributed by atoms with E-state index in [1.54, 1.807) is 0 Å². The van der Waals surface area contributed by atoms with Crippen LogP contribution in [0.5, 0.6) is 0 Å². The normalized spacial score (nSPS) is 19.2. The van der Waals surface area contributed by atoms with Gasteiger partial charge in [0.25, 0.3) is 0 Å². The lowest BCUT2D eigenvalue weighted by molar-refractivity contribution is 0.372. The van der Waals surface area contributed by atoms with Gasteiger partial charge < -0.3 is 4.52 Å². The highest BCUT2D eigenvalue weighted by Gasteiger charge is 2.43. The Hall–Kier alpha value is -2.10. The molecule has 1 aliphatic rings. The number of benzene rings is 2. The average molecular weight is 452 g/mol. The fourth-order valence-corrected chi connectivity index (χ4v) is 4.14. The largest absolute Gasteiger partial charge is 0.339 e. The quantitative estimate of drug-likeness (QED) is 0.616. The molecule has 1 aliphatic carbocycles. The van der Waals surface area contributed by atoms with E-state index in [9.17, 15) is 12.8 Å². The van der Waals surface area contributed by atoms with Crippen LogP contribution in [0.4, 0.5) is 4.39 Å². The predicted molar refractivity (Wildman–Crippen MR) is 99.0 cm³/mol. The van der Waals surface area contributed by atoms with Crippen LogP contribution >= 0.6 is 15.9 Å². The van der Waals surface area contributed by atoms with Crippen LogP contribution < -0.4 is 4.72 Å². The van der Waals surface area contributed by atoms with Gasteiger partial charge in [-0.15, -0.1) is 0 Å². The molecule has 0 radical (unpaired) electrons. The summed E-state index contributed by atoms with van der Waals surface area (Å²) in [5.74, 6) is 0.765. The molecule has 27 heavy (non-hydrogen) atoms. The van der Waals surface area contributed by atoms with E-state index in [-0.39, 0.29) is 23.2 Å². The molecule has 1 saturated carbocycles. The molecule has 0 amide bonds. The maximum atomic E-state index is 12.9. The van der Waals surface area contributed by atoms with E-state index in [4.69, 9.17) is 4.52 Å². The topological polar surface area (TPSA) is 85.1 Å². The van der Waals surface area contributed by atoms with Gasteiger partial charge in [-0.25, -0.2) is 17.5 Å². The molecule has 9 heteroatoms. The molecule has 0 unspecified atom stereocenters. The maximum Gasteiger partial charge on any atom is 0.240 e. The lowest BCUT2D eigenvalue weighted by Gasteiger charge is -2.04. The van der Waals surface area contributed by atoms with Crippen LogP contribution in [0.25, 0.3) is 0 Å². The highest BCUT2D eigenvalue weighted by atomic mass is 79.9. The number of rotatable bonds is 6. The van der Waals surface area contributed by atoms with Crippen molar-refractivity contribution in [2.75, 3.05) is 0 Å². The van der Waals surface area contributed by atoms with E-state index in [0.717, 1.165) is 23.0 Å². The summed E-state index contributed by atoms with van der Waals surface area (Å²) >= 11 is 3.42. The minimum absolute atomic E-state index is 0.0230. The zero-order valence-electron chi connectivity index (χ0n) is 14.0. The number of nitrogens with zero attached hydrogens (tertiary/aromatic N) is 2. The Morgan fingerprint density at radius 2 is 1.81 bits per heavy atom. The van der Waals surface area contributed by atoms with Gasteiger partial charge in [-0.1, -0.05) is 33.2 Å². The number of hydrogen-bond donors (Lipinski definition) is 1. The standard InChI is InChI=1S/C18H15BrFN3O3S/c19-12-3-1-11(2-4-12)15-9-16(15)18-22-17(23-26-18)10-21-27(24,25)14-7-5-13(20)6-8-14/h1-8,15-16,21H,9-10H2/t15-,16+/m0/s1. The van der Waals surface area contributed by atoms with E-state index in [1.807, 2.05) is 12.1 Å². The van der Waals surface area contributed by atoms with Gasteiger partial charge in [0.2, 0.25) is 15.9 Å². The van der Waals surface area contributed by atoms with E-state index in [0.29, 0.717) is 11.8 Å². The molecule has 140 valence electrons. The van der Waals surface area contributed by atoms with Gasteiger partial charge in [0.15, 0.2) is 5.82 Å². The van der Waals surface area contributed by atoms with Crippen molar-refractivity contribution in [3.63, 3.8) is 0 Å². The van der Waals surface area contributed by atoms with Crippen molar-refractivity contribution in [2.45, 2.75) is 29.7 Å². The second-order valence-corrected chi connectivity index (χ2v) is 9.01. The molecule has 4 rings (SSSR count). The summed E-state index contributed by atoms with van der Waals surface area (Å²) in [6.07, 6.45) is 0.921. The van der Waals surface area contributed by atoms with E-state index >= 15 is 0 Å². The van der Waals surface area contributed by atoms with Gasteiger partial charge in [-0.2, -0.15) is 4.98 Å². The van der Waals surface area contributed by atoms with Crippen LogP contribution in [0.1, 0.15) is 35.5 Å². The molecule has 0 bridgehead atoms. The lowest BCUT2D eigenvalue weighted by Crippen LogP contribution is -2.23. The van der Waals surface area contributed by atoms with Gasteiger partial charge in [0.1, 0.15) is 5.82 Å². The van der Waals surface area contributed by atoms with E-state index in [1.165, 1.54) is 17.7 Å². The van der Waals surface area contributed by atoms with Crippen molar-refractivity contribution in [1.29, 1.82) is 0 Å². The molecule has 0 aliphatic heterocycles. The molecule has 2 aromatic carbocycles. The van der Waals surface area contributed by atoms with Crippen molar-refractivity contribution < 1.29 is 17.3 Å². The smallest absolute Gasteiger partial charge is 0.240 e. The Morgan fingerprint density at radius 1 is 1.11 bits per heavy atom. The number of sulfonamides is 1. The Labute approximate surface area is 164 Å². The maximum absolute atomic E-state index is 12.9. The predicted octanol–water partition coefficient (Wildman–Crippen LogP) is 3.72. The molecular formula is C18H15BrFN3O3S. The Morgan fingerprint density at radius 3 is 2.52 bits per heavy atom. The first-order valence-electron chi connectivity index (χ1n) is 8.25. The summed E-state index contributed by atoms with van der Waals surface area (Å²) < 4.78 is 46.1. The second kappa shape index (κ2) is 7.14. The summed E-state index contributed by atoms with van der Waals surface area (Å²) in [5.41, 5.74) is 1.21. The van der Waals surface area contributed by atoms with Crippen LogP contribution in [-0.2, 0) is 16.6 Å². The zero-order chi connectivity index (χ0) is 19.0. The molecule has 1 heterocycles. The summed E-state index contributed by atoms with van der Waals surface area (Å²) in [4.78, 5) is 4.28. The first-order chi connectivity index (χ1) is 12.9. The molecule has 1 N–H and O–H groups in total. The average Bonchev–Trinajstić information content (AvgIpc) is 3.31. The Balaban J connectivity index is 1.39. The number of hydrogen-bond acceptors (Lipinski definition) is 5. The summed E-state index contributed by atoms with van der Waals surface area (Å²) in [6, 6.07) is 12.7. The van der Waals surface area contributed by atoms with E-state index < -0.39 is 15.8 Å². The number of aromatic nitrogens is 2. The van der Waals surface area contributed by atoms with Gasteiger partial charge in [-0.05, 0) is 54.3 Å². The van der Waals surface area contributed by atoms with Gasteiger partial charge in [0, 0.05) is 10.4 Å². The third-order valence-electron chi connectivity index (χ3n) is 4.43. The Bertz CT molecular complexity index is 1050. The third kappa shape index (κ3) is 4.10. The summed E-state index contributed by atoms with van der Waals surface area (Å²) in [7, 11) is -3.77. The number of nitrogens with one attached hydrogen (secondary N) is 1. The third-order valence-corrected chi connectivity index (χ3v) is 6.38. The van der Waals surface area contributed by atoms with Crippen LogP contribution in [0.2, 0.25) is 0 Å². The van der Waals surface area contributed by atoms with Crippen LogP contribution in [-0.4, -0.2) is 18.6 Å². The van der Waals surface area contributed by atoms with Crippen molar-refractivity contribution >= 4 is 26.0 Å². The summed E-state index contributed by atoms with van der Waals surface area (Å²) in [5, 5.41) is 3.85. The van der Waals surface area contributed by atoms with Crippen molar-refractivity contribution in [1.82, 2.24) is 14.9 Å². The van der Waals surface area contributed by atoms with Crippen molar-refractivity contribution in [3.05, 3.63) is 76.1 Å². The molecule has 1 aromatic heterocycles. The summed E-state index contributed by atoms with van der Waals surface area (Å²) in [6.45, 7) is -0.0983. The van der Waals surface area contributed by atoms with Gasteiger partial charge >= 0.3 is 0 Å². The van der Waals surface area contributed by atoms with Gasteiger partial charge in [-0.3, -0.25) is 0 Å². The molecule has 2 atom stereocenters. The zero-order valence-corrected chi connectivity index (χ0v) is 16.4. The minimum atomic E-state index is -3.77. The van der Waals surface area contributed by atoms with Crippen molar-refractivity contribution in [3.8, 4) is 0 Å². The SMILES string of the molecule is O=S(=O)(NCc1noc([C@@H]2C[C@H]2c2ccc(Br)cc2)n1)c1ccc(F)cc1. The fourth-order valence-electron chi connectivity index (χ4n) is 2.89. The molecule has 0 spiro atoms. The van der Waals surface area contributed by atoms with Crippen LogP contribution in [0.3, 0.4) is 0 Å². The monoisotopic (exact) mass is 451 g/mol. The van der Waals surface area contributed by atoms with Crippen molar-refractivity contribution in [2.24, 2.45) is 0 Å². The molecular weight excluding hydrogens is 437 g/mol. The minimum Gasteiger partial charge on any atom is -0.339 e. The van der Waals surface area contributed by atoms with Crippen LogP contribution in [0.15, 0.2) is 62.4 Å². The fraction of sp³-hybridized carbons (Fsp3) is 0.222. The Kier molecular flexibility index (Phi) is 4.83. The van der Waals surface area contributed by atoms with Gasteiger partial charge in [0.05, 0.1) is 11.4 Å². The molecule has 0 saturated heterocycles. The second-order valence-electron chi connectivity index (χ2n) is 6.33. The molecule has 1 fully saturated rings. The first-order valence-corrected chi connectivity index (χ1v) is 10.5. The van der Waals surface area contributed by atoms with E-state index in [2.05, 4.69) is 42.9 Å². The lowest BCUT2D eigenvalue weighted by atomic mass is 10.1. The molecule has 3 aromatic rings. The number of halogens is 2. The highest BCUT2D eigenvalue weighted by Crippen LogP contribution is 2.54. The van der Waals surface area contributed by atoms with Crippen LogP contribution in [0, 0.1) is 5.82 Å². The molecule has 6 nitrogen and oxygen atoms in total. The highest BCUT2D eigenvalue weighted by molar-refractivity contribution is 9.10.